The number of hydrogen-bond acceptors (Lipinski definition) is 2. The third kappa shape index (κ3) is 18.8. The molecule has 0 unspecified atom stereocenters. The summed E-state index contributed by atoms with van der Waals surface area (Å²) in [5.74, 6) is 0. The van der Waals surface area contributed by atoms with Crippen molar-refractivity contribution in [3.05, 3.63) is 96.1 Å². The molecule has 204 valence electrons. The minimum absolute atomic E-state index is 0.182. The van der Waals surface area contributed by atoms with Crippen molar-refractivity contribution in [2.45, 2.75) is 120 Å². The van der Waals surface area contributed by atoms with E-state index in [4.69, 9.17) is 0 Å². The summed E-state index contributed by atoms with van der Waals surface area (Å²) in [4.78, 5) is 8.21. The molecule has 0 aliphatic carbocycles. The molecule has 2 heterocycles. The van der Waals surface area contributed by atoms with Crippen molar-refractivity contribution in [1.82, 2.24) is 9.97 Å². The Hall–Kier alpha value is -2.48. The summed E-state index contributed by atoms with van der Waals surface area (Å²) >= 11 is 0. The van der Waals surface area contributed by atoms with Gasteiger partial charge in [-0.3, -0.25) is 9.97 Å². The molecule has 0 fully saturated rings. The lowest BCUT2D eigenvalue weighted by Gasteiger charge is -2.18. The van der Waals surface area contributed by atoms with Crippen LogP contribution in [0.2, 0.25) is 0 Å². The van der Waals surface area contributed by atoms with Crippen molar-refractivity contribution in [3.8, 4) is 0 Å². The highest BCUT2D eigenvalue weighted by atomic mass is 14.7. The van der Waals surface area contributed by atoms with Crippen LogP contribution in [-0.2, 0) is 16.2 Å². The fourth-order valence-electron chi connectivity index (χ4n) is 2.60. The molecular weight excluding hydrogens is 436 g/mol. The van der Waals surface area contributed by atoms with Gasteiger partial charge in [-0.05, 0) is 46.2 Å². The number of aromatic nitrogens is 2. The quantitative estimate of drug-likeness (QED) is 0.310. The van der Waals surface area contributed by atoms with Gasteiger partial charge in [0.1, 0.15) is 0 Å². The predicted molar refractivity (Wildman–Crippen MR) is 165 cm³/mol. The van der Waals surface area contributed by atoms with E-state index in [9.17, 15) is 0 Å². The Kier molecular flexibility index (Phi) is 21.9. The maximum Gasteiger partial charge on any atom is 0.0457 e. The van der Waals surface area contributed by atoms with Crippen LogP contribution in [0.15, 0.2) is 79.3 Å². The predicted octanol–water partition coefficient (Wildman–Crippen LogP) is 10.8. The van der Waals surface area contributed by atoms with Crippen molar-refractivity contribution in [3.63, 3.8) is 0 Å². The van der Waals surface area contributed by atoms with Crippen molar-refractivity contribution < 1.29 is 0 Å². The molecule has 1 aromatic carbocycles. The lowest BCUT2D eigenvalue weighted by Crippen LogP contribution is -2.12. The molecule has 0 aliphatic heterocycles. The van der Waals surface area contributed by atoms with Gasteiger partial charge in [0.05, 0.1) is 0 Å². The number of pyridine rings is 2. The summed E-state index contributed by atoms with van der Waals surface area (Å²) in [6, 6.07) is 20.7. The molecule has 0 saturated heterocycles. The average Bonchev–Trinajstić information content (AvgIpc) is 2.89. The minimum Gasteiger partial charge on any atom is -0.265 e. The number of benzene rings is 1. The van der Waals surface area contributed by atoms with Crippen LogP contribution in [0.3, 0.4) is 0 Å². The number of rotatable bonds is 0. The second kappa shape index (κ2) is 20.7. The fraction of sp³-hybridized carbons (Fsp3) is 0.529. The normalized spacial score (nSPS) is 10.1. The van der Waals surface area contributed by atoms with Gasteiger partial charge < -0.3 is 0 Å². The zero-order chi connectivity index (χ0) is 28.8. The van der Waals surface area contributed by atoms with Gasteiger partial charge in [0.15, 0.2) is 0 Å². The van der Waals surface area contributed by atoms with Crippen LogP contribution in [0.1, 0.15) is 121 Å². The van der Waals surface area contributed by atoms with Crippen molar-refractivity contribution in [2.75, 3.05) is 0 Å². The van der Waals surface area contributed by atoms with Crippen LogP contribution >= 0.6 is 0 Å². The van der Waals surface area contributed by atoms with E-state index in [1.54, 1.807) is 0 Å². The molecule has 0 saturated carbocycles. The summed E-state index contributed by atoms with van der Waals surface area (Å²) in [7, 11) is 0. The van der Waals surface area contributed by atoms with Crippen molar-refractivity contribution >= 4 is 0 Å². The molecule has 3 aromatic rings. The van der Waals surface area contributed by atoms with E-state index in [1.165, 1.54) is 11.1 Å². The van der Waals surface area contributed by atoms with E-state index in [1.807, 2.05) is 72.3 Å². The van der Waals surface area contributed by atoms with E-state index in [0.29, 0.717) is 5.41 Å². The van der Waals surface area contributed by atoms with E-state index < -0.39 is 0 Å². The molecule has 3 rings (SSSR count). The van der Waals surface area contributed by atoms with Gasteiger partial charge in [0, 0.05) is 29.7 Å². The van der Waals surface area contributed by atoms with Gasteiger partial charge in [0.2, 0.25) is 0 Å². The summed E-state index contributed by atoms with van der Waals surface area (Å²) in [6.07, 6.45) is 5.50. The third-order valence-corrected chi connectivity index (χ3v) is 4.62. The fourth-order valence-corrected chi connectivity index (χ4v) is 2.60. The first-order valence-corrected chi connectivity index (χ1v) is 13.7. The summed E-state index contributed by atoms with van der Waals surface area (Å²) in [5.41, 5.74) is 4.61. The van der Waals surface area contributed by atoms with Crippen LogP contribution < -0.4 is 0 Å². The van der Waals surface area contributed by atoms with Gasteiger partial charge in [-0.2, -0.15) is 0 Å². The summed E-state index contributed by atoms with van der Waals surface area (Å²) in [6.45, 7) is 31.8. The van der Waals surface area contributed by atoms with Gasteiger partial charge in [0.25, 0.3) is 0 Å². The summed E-state index contributed by atoms with van der Waals surface area (Å²) < 4.78 is 0. The van der Waals surface area contributed by atoms with Gasteiger partial charge in [-0.15, -0.1) is 0 Å². The summed E-state index contributed by atoms with van der Waals surface area (Å²) in [5, 5.41) is 0. The zero-order valence-corrected chi connectivity index (χ0v) is 26.4. The Morgan fingerprint density at radius 1 is 0.417 bits per heavy atom. The SMILES string of the molecule is CC.CC.CC.CC(C)(C)c1ccccc1.CC(C)(C)c1ccccn1.CC(C)(C)c1ccncc1. The molecule has 0 bridgehead atoms. The monoisotopic (exact) mass is 494 g/mol. The maximum absolute atomic E-state index is 4.25. The molecule has 0 amide bonds. The molecule has 0 aliphatic rings. The first-order chi connectivity index (χ1) is 16.8. The Bertz CT molecular complexity index is 702. The molecule has 0 atom stereocenters. The molecule has 2 nitrogen and oxygen atoms in total. The smallest absolute Gasteiger partial charge is 0.0457 e. The first kappa shape index (κ1) is 38.1. The highest BCUT2D eigenvalue weighted by Gasteiger charge is 2.13. The highest BCUT2D eigenvalue weighted by molar-refractivity contribution is 5.22. The number of hydrogen-bond donors (Lipinski definition) is 0. The first-order valence-electron chi connectivity index (χ1n) is 13.7. The zero-order valence-electron chi connectivity index (χ0n) is 26.4. The third-order valence-electron chi connectivity index (χ3n) is 4.62. The highest BCUT2D eigenvalue weighted by Crippen LogP contribution is 2.21. The maximum atomic E-state index is 4.25. The minimum atomic E-state index is 0.182. The molecule has 0 radical (unpaired) electrons. The molecule has 0 spiro atoms. The van der Waals surface area contributed by atoms with Gasteiger partial charge in [-0.25, -0.2) is 0 Å². The Labute approximate surface area is 226 Å². The molecular formula is C34H58N2. The lowest BCUT2D eigenvalue weighted by molar-refractivity contribution is 0.569. The van der Waals surface area contributed by atoms with E-state index in [0.717, 1.165) is 5.69 Å². The Morgan fingerprint density at radius 3 is 1.06 bits per heavy atom. The average molecular weight is 495 g/mol. The van der Waals surface area contributed by atoms with Crippen LogP contribution in [0.4, 0.5) is 0 Å². The standard InChI is InChI=1S/C10H14.2C9H13N.3C2H6/c1-10(2,3)9-7-5-4-6-8-9;1-9(2,3)8-4-6-10-7-5-8;1-9(2,3)8-6-4-5-7-10-8;3*1-2/h4-8H,1-3H3;2*4-7H,1-3H3;3*1-2H3. The van der Waals surface area contributed by atoms with Gasteiger partial charge in [-0.1, -0.05) is 140 Å². The lowest BCUT2D eigenvalue weighted by atomic mass is 9.87. The topological polar surface area (TPSA) is 25.8 Å². The molecule has 36 heavy (non-hydrogen) atoms. The Balaban J connectivity index is -0.000000410. The second-order valence-electron chi connectivity index (χ2n) is 10.6. The van der Waals surface area contributed by atoms with E-state index >= 15 is 0 Å². The van der Waals surface area contributed by atoms with Crippen LogP contribution in [0, 0.1) is 0 Å². The van der Waals surface area contributed by atoms with E-state index in [2.05, 4.69) is 121 Å². The van der Waals surface area contributed by atoms with Crippen LogP contribution in [-0.4, -0.2) is 9.97 Å². The molecule has 0 N–H and O–H groups in total. The van der Waals surface area contributed by atoms with Gasteiger partial charge >= 0.3 is 0 Å². The second-order valence-corrected chi connectivity index (χ2v) is 10.6. The van der Waals surface area contributed by atoms with Crippen LogP contribution in [0.5, 0.6) is 0 Å². The van der Waals surface area contributed by atoms with E-state index in [-0.39, 0.29) is 10.8 Å². The largest absolute Gasteiger partial charge is 0.265 e. The Morgan fingerprint density at radius 2 is 0.806 bits per heavy atom. The molecule has 2 heteroatoms. The van der Waals surface area contributed by atoms with Crippen molar-refractivity contribution in [1.29, 1.82) is 0 Å². The molecule has 2 aromatic heterocycles. The van der Waals surface area contributed by atoms with Crippen LogP contribution in [0.25, 0.3) is 0 Å². The van der Waals surface area contributed by atoms with Crippen molar-refractivity contribution in [2.24, 2.45) is 0 Å². The number of nitrogens with zero attached hydrogens (tertiary/aromatic N) is 2.